The molecule has 1 saturated carbocycles. The molecular formula is C62H125N9O. The predicted molar refractivity (Wildman–Crippen MR) is 318 cm³/mol. The van der Waals surface area contributed by atoms with E-state index in [1.807, 2.05) is 4.90 Å². The Bertz CT molecular complexity index is 1570. The van der Waals surface area contributed by atoms with Crippen molar-refractivity contribution in [1.82, 2.24) is 39.6 Å². The normalized spacial score (nSPS) is 27.7. The number of para-hydroxylation sites is 1. The van der Waals surface area contributed by atoms with Crippen LogP contribution in [0.5, 0.6) is 0 Å². The van der Waals surface area contributed by atoms with Gasteiger partial charge in [0.2, 0.25) is 5.91 Å². The molecular weight excluding hydrogens is 887 g/mol. The van der Waals surface area contributed by atoms with Crippen molar-refractivity contribution in [2.24, 2.45) is 11.8 Å². The van der Waals surface area contributed by atoms with Gasteiger partial charge in [0.25, 0.3) is 0 Å². The summed E-state index contributed by atoms with van der Waals surface area (Å²) in [6, 6.07) is 14.9. The molecule has 424 valence electrons. The third-order valence-electron chi connectivity index (χ3n) is 17.2. The first-order valence-electron chi connectivity index (χ1n) is 28.5. The Morgan fingerprint density at radius 3 is 1.69 bits per heavy atom. The number of hydrogen-bond donors (Lipinski definition) is 1. The van der Waals surface area contributed by atoms with Gasteiger partial charge >= 0.3 is 0 Å². The van der Waals surface area contributed by atoms with Crippen molar-refractivity contribution in [3.8, 4) is 0 Å². The highest BCUT2D eigenvalue weighted by molar-refractivity contribution is 5.84. The van der Waals surface area contributed by atoms with E-state index in [9.17, 15) is 4.79 Å². The summed E-state index contributed by atoms with van der Waals surface area (Å²) in [5.41, 5.74) is 2.96. The van der Waals surface area contributed by atoms with Crippen LogP contribution in [0.3, 0.4) is 0 Å². The average molecular weight is 1010 g/mol. The SMILES string of the molecule is C.C.C.C.C.CC(C)C1CCN2CCCC2N1.CC(C)N1CC1.CC(C)N1CC2CCCN2C1.CC(C)N1CCCC2CCCCC21.CC(C)N1CCCc2ccccc21.CC(C)N1CN2CCCC2C1=O. The Hall–Kier alpha value is -1.79. The van der Waals surface area contributed by atoms with E-state index in [1.54, 1.807) is 0 Å². The van der Waals surface area contributed by atoms with Crippen LogP contribution in [0.15, 0.2) is 24.3 Å². The van der Waals surface area contributed by atoms with Gasteiger partial charge in [-0.3, -0.25) is 39.5 Å². The lowest BCUT2D eigenvalue weighted by Crippen LogP contribution is -2.54. The maximum absolute atomic E-state index is 11.7. The largest absolute Gasteiger partial charge is 0.369 e. The molecule has 0 radical (unpaired) electrons. The van der Waals surface area contributed by atoms with Crippen LogP contribution < -0.4 is 10.2 Å². The van der Waals surface area contributed by atoms with Gasteiger partial charge in [-0.25, -0.2) is 0 Å². The van der Waals surface area contributed by atoms with Gasteiger partial charge in [0.1, 0.15) is 0 Å². The number of anilines is 1. The third-order valence-corrected chi connectivity index (χ3v) is 17.2. The summed E-state index contributed by atoms with van der Waals surface area (Å²) in [4.78, 5) is 31.4. The van der Waals surface area contributed by atoms with Crippen molar-refractivity contribution < 1.29 is 4.79 Å². The van der Waals surface area contributed by atoms with Crippen LogP contribution >= 0.6 is 0 Å². The Morgan fingerprint density at radius 2 is 1.10 bits per heavy atom. The van der Waals surface area contributed by atoms with E-state index in [4.69, 9.17) is 0 Å². The molecule has 1 aromatic rings. The lowest BCUT2D eigenvalue weighted by atomic mass is 9.78. The van der Waals surface area contributed by atoms with Crippen molar-refractivity contribution in [3.05, 3.63) is 29.8 Å². The molecule has 10 nitrogen and oxygen atoms in total. The number of amides is 1. The standard InChI is InChI=1S/C12H23N.C12H17N.C10H20N2.C9H16N2O.C9H18N2.C5H11N.5CH4/c2*1-10(2)13-9-5-7-11-6-3-4-8-12(11)13;1-8(2)9-5-7-12-6-3-4-10(12)11-9;1-7(2)11-6-10-5-3-4-8(10)9(11)12;1-8(2)11-6-9-4-3-5-10(9)7-11;1-5(2)6-3-4-6;;;;;/h10-12H,3-9H2,1-2H3;3-4,6,8,10H,5,7,9H2,1-2H3;8-11H,3-7H2,1-2H3;7-8H,3-6H2,1-2H3;8-9H,3-7H2,1-2H3;5H,3-4H2,1-2H3;5*1H4. The minimum absolute atomic E-state index is 0. The first-order valence-corrected chi connectivity index (χ1v) is 28.5. The zero-order valence-electron chi connectivity index (χ0n) is 45.6. The van der Waals surface area contributed by atoms with Crippen LogP contribution in [0.4, 0.5) is 5.69 Å². The molecule has 10 heteroatoms. The zero-order chi connectivity index (χ0) is 48.2. The second-order valence-corrected chi connectivity index (χ2v) is 23.9. The molecule has 9 aliphatic heterocycles. The summed E-state index contributed by atoms with van der Waals surface area (Å²) in [6.45, 7) is 40.8. The van der Waals surface area contributed by atoms with Crippen LogP contribution in [0.2, 0.25) is 0 Å². The smallest absolute Gasteiger partial charge is 0.241 e. The second-order valence-electron chi connectivity index (χ2n) is 23.9. The van der Waals surface area contributed by atoms with Crippen LogP contribution in [0.1, 0.15) is 216 Å². The van der Waals surface area contributed by atoms with Gasteiger partial charge in [0, 0.05) is 93.3 Å². The quantitative estimate of drug-likeness (QED) is 0.281. The maximum Gasteiger partial charge on any atom is 0.241 e. The summed E-state index contributed by atoms with van der Waals surface area (Å²) in [7, 11) is 0. The highest BCUT2D eigenvalue weighted by Gasteiger charge is 2.42. The number of benzene rings is 1. The summed E-state index contributed by atoms with van der Waals surface area (Å²) < 4.78 is 0. The fourth-order valence-corrected chi connectivity index (χ4v) is 12.8. The van der Waals surface area contributed by atoms with Crippen LogP contribution in [0, 0.1) is 11.8 Å². The molecule has 1 aromatic carbocycles. The summed E-state index contributed by atoms with van der Waals surface area (Å²) in [6.07, 6.45) is 21.4. The fraction of sp³-hybridized carbons (Fsp3) is 0.887. The number of aryl methyl sites for hydroxylation is 1. The van der Waals surface area contributed by atoms with Gasteiger partial charge in [0.05, 0.1) is 25.5 Å². The highest BCUT2D eigenvalue weighted by Crippen LogP contribution is 2.36. The van der Waals surface area contributed by atoms with Crippen molar-refractivity contribution >= 4 is 11.6 Å². The number of carbonyl (C=O) groups excluding carboxylic acids is 1. The highest BCUT2D eigenvalue weighted by atomic mass is 16.2. The zero-order valence-corrected chi connectivity index (χ0v) is 45.6. The first kappa shape index (κ1) is 68.2. The average Bonchev–Trinajstić information content (AvgIpc) is 3.72. The fourth-order valence-electron chi connectivity index (χ4n) is 12.8. The second kappa shape index (κ2) is 33.4. The Kier molecular flexibility index (Phi) is 31.6. The number of rotatable bonds is 6. The Balaban J connectivity index is 0.000000430. The molecule has 0 aromatic heterocycles. The summed E-state index contributed by atoms with van der Waals surface area (Å²) in [5, 5.41) is 3.74. The minimum atomic E-state index is 0. The summed E-state index contributed by atoms with van der Waals surface area (Å²) >= 11 is 0. The van der Waals surface area contributed by atoms with E-state index in [-0.39, 0.29) is 43.2 Å². The number of carbonyl (C=O) groups is 1. The van der Waals surface area contributed by atoms with Crippen molar-refractivity contribution in [2.75, 3.05) is 77.1 Å². The van der Waals surface area contributed by atoms with E-state index in [0.717, 1.165) is 67.7 Å². The Morgan fingerprint density at radius 1 is 0.500 bits per heavy atom. The van der Waals surface area contributed by atoms with E-state index in [2.05, 4.69) is 147 Å². The maximum atomic E-state index is 11.7. The van der Waals surface area contributed by atoms with E-state index < -0.39 is 0 Å². The van der Waals surface area contributed by atoms with Gasteiger partial charge in [-0.1, -0.05) is 82.0 Å². The van der Waals surface area contributed by atoms with Crippen LogP contribution in [-0.4, -0.2) is 173 Å². The molecule has 6 atom stereocenters. The molecule has 9 heterocycles. The van der Waals surface area contributed by atoms with Gasteiger partial charge in [-0.05, 0) is 196 Å². The summed E-state index contributed by atoms with van der Waals surface area (Å²) in [5.74, 6) is 2.19. The van der Waals surface area contributed by atoms with Gasteiger partial charge in [-0.15, -0.1) is 0 Å². The molecule has 1 N–H and O–H groups in total. The van der Waals surface area contributed by atoms with Crippen molar-refractivity contribution in [2.45, 2.75) is 277 Å². The molecule has 0 bridgehead atoms. The predicted octanol–water partition coefficient (Wildman–Crippen LogP) is 13.0. The van der Waals surface area contributed by atoms with E-state index >= 15 is 0 Å². The van der Waals surface area contributed by atoms with Crippen LogP contribution in [0.25, 0.3) is 0 Å². The number of likely N-dealkylation sites (tertiary alicyclic amines) is 1. The number of hydrogen-bond acceptors (Lipinski definition) is 9. The Labute approximate surface area is 450 Å². The molecule has 72 heavy (non-hydrogen) atoms. The topological polar surface area (TPSA) is 54.8 Å². The molecule has 8 saturated heterocycles. The number of piperidine rings is 1. The van der Waals surface area contributed by atoms with Crippen molar-refractivity contribution in [1.29, 1.82) is 0 Å². The van der Waals surface area contributed by atoms with Gasteiger partial charge in [0.15, 0.2) is 0 Å². The number of nitrogens with one attached hydrogen (secondary N) is 1. The van der Waals surface area contributed by atoms with Gasteiger partial charge in [-0.2, -0.15) is 0 Å². The van der Waals surface area contributed by atoms with E-state index in [0.29, 0.717) is 24.2 Å². The monoisotopic (exact) mass is 1010 g/mol. The number of fused-ring (bicyclic) bond motifs is 5. The molecule has 1 aliphatic carbocycles. The van der Waals surface area contributed by atoms with Gasteiger partial charge < -0.3 is 9.80 Å². The molecule has 11 rings (SSSR count). The first-order chi connectivity index (χ1) is 32.1. The lowest BCUT2D eigenvalue weighted by molar-refractivity contribution is -0.130. The minimum Gasteiger partial charge on any atom is -0.369 e. The van der Waals surface area contributed by atoms with E-state index in [1.165, 1.54) is 160 Å². The van der Waals surface area contributed by atoms with Crippen LogP contribution in [-0.2, 0) is 11.2 Å². The number of nitrogens with zero attached hydrogens (tertiary/aromatic N) is 8. The molecule has 1 amide bonds. The third kappa shape index (κ3) is 19.3. The lowest BCUT2D eigenvalue weighted by Gasteiger charge is -2.46. The molecule has 9 fully saturated rings. The van der Waals surface area contributed by atoms with Crippen molar-refractivity contribution in [3.63, 3.8) is 0 Å². The molecule has 0 spiro atoms. The molecule has 10 aliphatic rings. The molecule has 6 unspecified atom stereocenters.